The van der Waals surface area contributed by atoms with Crippen molar-refractivity contribution in [3.8, 4) is 0 Å². The Labute approximate surface area is 92.4 Å². The zero-order valence-corrected chi connectivity index (χ0v) is 9.05. The summed E-state index contributed by atoms with van der Waals surface area (Å²) in [5, 5.41) is 3.92. The second kappa shape index (κ2) is 4.44. The van der Waals surface area contributed by atoms with E-state index in [1.165, 1.54) is 19.2 Å². The topological polar surface area (TPSA) is 64.4 Å². The van der Waals surface area contributed by atoms with Crippen LogP contribution in [0.2, 0.25) is 0 Å². The van der Waals surface area contributed by atoms with E-state index in [2.05, 4.69) is 5.10 Å². The second-order valence-corrected chi connectivity index (χ2v) is 3.58. The Morgan fingerprint density at radius 1 is 1.38 bits per heavy atom. The molecule has 1 aliphatic rings. The zero-order valence-electron chi connectivity index (χ0n) is 9.05. The molecule has 1 aromatic rings. The highest BCUT2D eigenvalue weighted by Gasteiger charge is 2.19. The SMILES string of the molecule is Cn1nc(C(=O)N2CCOCC2)ccc1=O. The predicted octanol–water partition coefficient (Wildman–Crippen LogP) is -0.747. The van der Waals surface area contributed by atoms with Gasteiger partial charge in [0.05, 0.1) is 13.2 Å². The Morgan fingerprint density at radius 3 is 2.69 bits per heavy atom. The zero-order chi connectivity index (χ0) is 11.5. The number of morpholine rings is 1. The molecule has 2 heterocycles. The Bertz CT molecular complexity index is 449. The highest BCUT2D eigenvalue weighted by molar-refractivity contribution is 5.92. The lowest BCUT2D eigenvalue weighted by Crippen LogP contribution is -2.41. The van der Waals surface area contributed by atoms with Crippen LogP contribution >= 0.6 is 0 Å². The van der Waals surface area contributed by atoms with Crippen molar-refractivity contribution in [2.24, 2.45) is 7.05 Å². The van der Waals surface area contributed by atoms with Crippen molar-refractivity contribution in [2.45, 2.75) is 0 Å². The molecule has 0 bridgehead atoms. The molecular formula is C10H13N3O3. The van der Waals surface area contributed by atoms with Crippen LogP contribution in [0.4, 0.5) is 0 Å². The third-order valence-corrected chi connectivity index (χ3v) is 2.48. The Hall–Kier alpha value is -1.69. The van der Waals surface area contributed by atoms with Crippen molar-refractivity contribution >= 4 is 5.91 Å². The molecule has 1 aromatic heterocycles. The maximum absolute atomic E-state index is 12.0. The fraction of sp³-hybridized carbons (Fsp3) is 0.500. The number of hydrogen-bond acceptors (Lipinski definition) is 4. The highest BCUT2D eigenvalue weighted by Crippen LogP contribution is 2.03. The fourth-order valence-electron chi connectivity index (χ4n) is 1.54. The molecule has 1 fully saturated rings. The van der Waals surface area contributed by atoms with Crippen LogP contribution in [0.3, 0.4) is 0 Å². The van der Waals surface area contributed by atoms with Crippen molar-refractivity contribution in [3.05, 3.63) is 28.2 Å². The van der Waals surface area contributed by atoms with Gasteiger partial charge >= 0.3 is 0 Å². The molecule has 6 heteroatoms. The minimum Gasteiger partial charge on any atom is -0.378 e. The number of carbonyl (C=O) groups is 1. The monoisotopic (exact) mass is 223 g/mol. The molecule has 0 radical (unpaired) electrons. The van der Waals surface area contributed by atoms with Gasteiger partial charge in [-0.3, -0.25) is 9.59 Å². The maximum Gasteiger partial charge on any atom is 0.274 e. The molecular weight excluding hydrogens is 210 g/mol. The summed E-state index contributed by atoms with van der Waals surface area (Å²) in [6, 6.07) is 2.81. The summed E-state index contributed by atoms with van der Waals surface area (Å²) in [6.07, 6.45) is 0. The van der Waals surface area contributed by atoms with Gasteiger partial charge in [0.15, 0.2) is 0 Å². The summed E-state index contributed by atoms with van der Waals surface area (Å²) in [6.45, 7) is 2.25. The van der Waals surface area contributed by atoms with E-state index in [9.17, 15) is 9.59 Å². The van der Waals surface area contributed by atoms with Crippen LogP contribution in [0.25, 0.3) is 0 Å². The molecule has 0 aliphatic carbocycles. The van der Waals surface area contributed by atoms with Gasteiger partial charge in [0.1, 0.15) is 5.69 Å². The molecule has 0 saturated carbocycles. The van der Waals surface area contributed by atoms with Crippen LogP contribution in [-0.2, 0) is 11.8 Å². The average Bonchev–Trinajstić information content (AvgIpc) is 2.33. The predicted molar refractivity (Wildman–Crippen MR) is 56.2 cm³/mol. The van der Waals surface area contributed by atoms with Crippen LogP contribution in [0.1, 0.15) is 10.5 Å². The number of aryl methyl sites for hydroxylation is 1. The first-order valence-electron chi connectivity index (χ1n) is 5.10. The summed E-state index contributed by atoms with van der Waals surface area (Å²) in [5.74, 6) is -0.154. The third-order valence-electron chi connectivity index (χ3n) is 2.48. The van der Waals surface area contributed by atoms with E-state index in [1.54, 1.807) is 4.90 Å². The van der Waals surface area contributed by atoms with E-state index in [0.717, 1.165) is 4.68 Å². The summed E-state index contributed by atoms with van der Waals surface area (Å²) in [4.78, 5) is 24.8. The number of hydrogen-bond donors (Lipinski definition) is 0. The normalized spacial score (nSPS) is 16.2. The van der Waals surface area contributed by atoms with Gasteiger partial charge in [-0.15, -0.1) is 0 Å². The molecule has 0 N–H and O–H groups in total. The van der Waals surface area contributed by atoms with Crippen molar-refractivity contribution in [3.63, 3.8) is 0 Å². The van der Waals surface area contributed by atoms with E-state index >= 15 is 0 Å². The molecule has 0 spiro atoms. The molecule has 1 saturated heterocycles. The minimum atomic E-state index is -0.224. The number of ether oxygens (including phenoxy) is 1. The van der Waals surface area contributed by atoms with Crippen LogP contribution in [0.15, 0.2) is 16.9 Å². The molecule has 1 aliphatic heterocycles. The first-order chi connectivity index (χ1) is 7.68. The molecule has 0 atom stereocenters. The minimum absolute atomic E-state index is 0.154. The van der Waals surface area contributed by atoms with Crippen molar-refractivity contribution in [1.29, 1.82) is 0 Å². The molecule has 0 aromatic carbocycles. The van der Waals surface area contributed by atoms with Crippen LogP contribution in [0, 0.1) is 0 Å². The molecule has 16 heavy (non-hydrogen) atoms. The Kier molecular flexibility index (Phi) is 3.00. The number of aromatic nitrogens is 2. The van der Waals surface area contributed by atoms with E-state index in [-0.39, 0.29) is 11.5 Å². The van der Waals surface area contributed by atoms with Gasteiger partial charge in [-0.25, -0.2) is 4.68 Å². The number of carbonyl (C=O) groups excluding carboxylic acids is 1. The number of amides is 1. The Balaban J connectivity index is 2.19. The molecule has 86 valence electrons. The third kappa shape index (κ3) is 2.11. The number of nitrogens with zero attached hydrogens (tertiary/aromatic N) is 3. The first kappa shape index (κ1) is 10.8. The van der Waals surface area contributed by atoms with Gasteiger partial charge in [-0.2, -0.15) is 5.10 Å². The fourth-order valence-corrected chi connectivity index (χ4v) is 1.54. The molecule has 1 amide bonds. The van der Waals surface area contributed by atoms with Crippen molar-refractivity contribution in [1.82, 2.24) is 14.7 Å². The number of rotatable bonds is 1. The van der Waals surface area contributed by atoms with Crippen LogP contribution < -0.4 is 5.56 Å². The van der Waals surface area contributed by atoms with Gasteiger partial charge in [0.2, 0.25) is 0 Å². The first-order valence-corrected chi connectivity index (χ1v) is 5.10. The largest absolute Gasteiger partial charge is 0.378 e. The van der Waals surface area contributed by atoms with Gasteiger partial charge < -0.3 is 9.64 Å². The second-order valence-electron chi connectivity index (χ2n) is 3.58. The van der Waals surface area contributed by atoms with Gasteiger partial charge in [-0.1, -0.05) is 0 Å². The van der Waals surface area contributed by atoms with Crippen molar-refractivity contribution in [2.75, 3.05) is 26.3 Å². The Morgan fingerprint density at radius 2 is 2.06 bits per heavy atom. The quantitative estimate of drug-likeness (QED) is 0.628. The lowest BCUT2D eigenvalue weighted by molar-refractivity contribution is 0.0297. The standard InChI is InChI=1S/C10H13N3O3/c1-12-9(14)3-2-8(11-12)10(15)13-4-6-16-7-5-13/h2-3H,4-7H2,1H3. The van der Waals surface area contributed by atoms with E-state index in [0.29, 0.717) is 32.0 Å². The van der Waals surface area contributed by atoms with Crippen molar-refractivity contribution < 1.29 is 9.53 Å². The van der Waals surface area contributed by atoms with Crippen LogP contribution in [0.5, 0.6) is 0 Å². The maximum atomic E-state index is 12.0. The molecule has 6 nitrogen and oxygen atoms in total. The molecule has 2 rings (SSSR count). The van der Waals surface area contributed by atoms with Gasteiger partial charge in [0, 0.05) is 26.2 Å². The summed E-state index contributed by atoms with van der Waals surface area (Å²) < 4.78 is 6.32. The average molecular weight is 223 g/mol. The van der Waals surface area contributed by atoms with Gasteiger partial charge in [0.25, 0.3) is 11.5 Å². The van der Waals surface area contributed by atoms with Gasteiger partial charge in [-0.05, 0) is 6.07 Å². The summed E-state index contributed by atoms with van der Waals surface area (Å²) in [7, 11) is 1.53. The smallest absolute Gasteiger partial charge is 0.274 e. The molecule has 0 unspecified atom stereocenters. The van der Waals surface area contributed by atoms with E-state index in [1.807, 2.05) is 0 Å². The summed E-state index contributed by atoms with van der Waals surface area (Å²) in [5.41, 5.74) is 0.0718. The van der Waals surface area contributed by atoms with E-state index in [4.69, 9.17) is 4.74 Å². The highest BCUT2D eigenvalue weighted by atomic mass is 16.5. The lowest BCUT2D eigenvalue weighted by Gasteiger charge is -2.26. The van der Waals surface area contributed by atoms with Crippen LogP contribution in [-0.4, -0.2) is 46.9 Å². The lowest BCUT2D eigenvalue weighted by atomic mass is 10.3. The summed E-state index contributed by atoms with van der Waals surface area (Å²) >= 11 is 0. The van der Waals surface area contributed by atoms with E-state index < -0.39 is 0 Å².